The van der Waals surface area contributed by atoms with Crippen LogP contribution in [0.1, 0.15) is 18.4 Å². The minimum Gasteiger partial charge on any atom is -0.372 e. The Labute approximate surface area is 125 Å². The van der Waals surface area contributed by atoms with Crippen molar-refractivity contribution in [3.8, 4) is 0 Å². The topological polar surface area (TPSA) is 105 Å². The fraction of sp³-hybridized carbons (Fsp3) is 0.286. The van der Waals surface area contributed by atoms with Crippen molar-refractivity contribution in [1.82, 2.24) is 10.6 Å². The van der Waals surface area contributed by atoms with Gasteiger partial charge < -0.3 is 10.2 Å². The van der Waals surface area contributed by atoms with Gasteiger partial charge in [0, 0.05) is 24.8 Å². The summed E-state index contributed by atoms with van der Waals surface area (Å²) in [5.41, 5.74) is 1.07. The molecule has 2 saturated heterocycles. The first kappa shape index (κ1) is 14.1. The van der Waals surface area contributed by atoms with E-state index >= 15 is 0 Å². The summed E-state index contributed by atoms with van der Waals surface area (Å²) in [6.45, 7) is 1.82. The molecule has 0 bridgehead atoms. The van der Waals surface area contributed by atoms with E-state index in [-0.39, 0.29) is 11.4 Å². The van der Waals surface area contributed by atoms with Crippen molar-refractivity contribution in [3.05, 3.63) is 39.6 Å². The Hall–Kier alpha value is -2.90. The Kier molecular flexibility index (Phi) is 3.50. The maximum atomic E-state index is 11.6. The first-order valence-corrected chi connectivity index (χ1v) is 6.92. The van der Waals surface area contributed by atoms with Crippen LogP contribution < -0.4 is 15.5 Å². The van der Waals surface area contributed by atoms with Gasteiger partial charge in [-0.15, -0.1) is 0 Å². The third-order valence-corrected chi connectivity index (χ3v) is 3.70. The van der Waals surface area contributed by atoms with Gasteiger partial charge in [-0.3, -0.25) is 20.2 Å². The lowest BCUT2D eigenvalue weighted by molar-refractivity contribution is -0.385. The summed E-state index contributed by atoms with van der Waals surface area (Å²) in [6.07, 6.45) is 3.51. The Bertz CT molecular complexity index is 692. The van der Waals surface area contributed by atoms with Crippen LogP contribution in [0.5, 0.6) is 0 Å². The number of amides is 3. The Morgan fingerprint density at radius 1 is 1.18 bits per heavy atom. The lowest BCUT2D eigenvalue weighted by atomic mass is 10.1. The minimum absolute atomic E-state index is 0.00618. The van der Waals surface area contributed by atoms with Crippen LogP contribution in [0, 0.1) is 10.1 Å². The van der Waals surface area contributed by atoms with Gasteiger partial charge in [0.2, 0.25) is 0 Å². The van der Waals surface area contributed by atoms with Gasteiger partial charge in [0.25, 0.3) is 11.6 Å². The second-order valence-electron chi connectivity index (χ2n) is 5.16. The number of carbonyl (C=O) groups excluding carboxylic acids is 2. The van der Waals surface area contributed by atoms with Gasteiger partial charge in [-0.05, 0) is 31.1 Å². The summed E-state index contributed by atoms with van der Waals surface area (Å²) in [7, 11) is 0. The number of hydrogen-bond donors (Lipinski definition) is 2. The van der Waals surface area contributed by atoms with E-state index < -0.39 is 16.9 Å². The summed E-state index contributed by atoms with van der Waals surface area (Å²) in [4.78, 5) is 35.5. The van der Waals surface area contributed by atoms with Gasteiger partial charge in [0.1, 0.15) is 5.70 Å². The average Bonchev–Trinajstić information content (AvgIpc) is 3.09. The molecular weight excluding hydrogens is 288 g/mol. The smallest absolute Gasteiger partial charge is 0.326 e. The fourth-order valence-electron chi connectivity index (χ4n) is 2.63. The second-order valence-corrected chi connectivity index (χ2v) is 5.16. The molecule has 1 aromatic rings. The van der Waals surface area contributed by atoms with Crippen LogP contribution in [0.3, 0.4) is 0 Å². The largest absolute Gasteiger partial charge is 0.372 e. The first-order valence-electron chi connectivity index (χ1n) is 6.92. The Balaban J connectivity index is 2.01. The minimum atomic E-state index is -0.630. The molecule has 22 heavy (non-hydrogen) atoms. The van der Waals surface area contributed by atoms with E-state index in [1.54, 1.807) is 12.1 Å². The molecular formula is C14H14N4O4. The molecule has 2 heterocycles. The number of hydrogen-bond acceptors (Lipinski definition) is 5. The highest BCUT2D eigenvalue weighted by Crippen LogP contribution is 2.29. The number of carbonyl (C=O) groups is 2. The van der Waals surface area contributed by atoms with Crippen LogP contribution in [0.4, 0.5) is 16.2 Å². The summed E-state index contributed by atoms with van der Waals surface area (Å²) >= 11 is 0. The highest BCUT2D eigenvalue weighted by Gasteiger charge is 2.25. The van der Waals surface area contributed by atoms with Crippen molar-refractivity contribution < 1.29 is 14.5 Å². The predicted octanol–water partition coefficient (Wildman–Crippen LogP) is 1.38. The molecule has 2 fully saturated rings. The number of nitrogens with one attached hydrogen (secondary N) is 2. The molecule has 0 atom stereocenters. The SMILES string of the molecule is O=C1NC(=O)/C(=C\c2cc(N3CCCC3)ccc2[N+](=O)[O-])N1. The lowest BCUT2D eigenvalue weighted by Crippen LogP contribution is -2.22. The van der Waals surface area contributed by atoms with Gasteiger partial charge in [-0.25, -0.2) is 4.79 Å². The molecule has 1 aromatic carbocycles. The molecule has 0 spiro atoms. The number of rotatable bonds is 3. The maximum Gasteiger partial charge on any atom is 0.326 e. The van der Waals surface area contributed by atoms with E-state index in [1.165, 1.54) is 12.1 Å². The quantitative estimate of drug-likeness (QED) is 0.380. The molecule has 0 aromatic heterocycles. The normalized spacial score (nSPS) is 19.5. The Morgan fingerprint density at radius 2 is 1.91 bits per heavy atom. The molecule has 0 radical (unpaired) electrons. The third-order valence-electron chi connectivity index (χ3n) is 3.70. The van der Waals surface area contributed by atoms with E-state index in [1.807, 2.05) is 0 Å². The van der Waals surface area contributed by atoms with Crippen molar-refractivity contribution in [2.24, 2.45) is 0 Å². The molecule has 8 nitrogen and oxygen atoms in total. The number of nitrogens with zero attached hydrogens (tertiary/aromatic N) is 2. The molecule has 114 valence electrons. The monoisotopic (exact) mass is 302 g/mol. The summed E-state index contributed by atoms with van der Waals surface area (Å²) < 4.78 is 0. The molecule has 2 aliphatic rings. The fourth-order valence-corrected chi connectivity index (χ4v) is 2.63. The molecule has 2 aliphatic heterocycles. The van der Waals surface area contributed by atoms with Gasteiger partial charge in [-0.1, -0.05) is 0 Å². The number of imide groups is 1. The molecule has 0 unspecified atom stereocenters. The molecule has 0 aliphatic carbocycles. The first-order chi connectivity index (χ1) is 10.5. The van der Waals surface area contributed by atoms with Crippen LogP contribution in [0.25, 0.3) is 6.08 Å². The zero-order chi connectivity index (χ0) is 15.7. The number of benzene rings is 1. The van der Waals surface area contributed by atoms with Gasteiger partial charge in [0.05, 0.1) is 10.5 Å². The summed E-state index contributed by atoms with van der Waals surface area (Å²) in [5.74, 6) is -0.592. The predicted molar refractivity (Wildman–Crippen MR) is 79.2 cm³/mol. The summed E-state index contributed by atoms with van der Waals surface area (Å²) in [5, 5.41) is 15.5. The number of urea groups is 1. The van der Waals surface area contributed by atoms with Crippen LogP contribution >= 0.6 is 0 Å². The highest BCUT2D eigenvalue weighted by atomic mass is 16.6. The van der Waals surface area contributed by atoms with Gasteiger partial charge in [0.15, 0.2) is 0 Å². The van der Waals surface area contributed by atoms with E-state index in [2.05, 4.69) is 15.5 Å². The number of nitro groups is 1. The van der Waals surface area contributed by atoms with E-state index in [0.29, 0.717) is 5.56 Å². The lowest BCUT2D eigenvalue weighted by Gasteiger charge is -2.17. The molecule has 8 heteroatoms. The van der Waals surface area contributed by atoms with Crippen LogP contribution in [-0.4, -0.2) is 30.0 Å². The molecule has 0 saturated carbocycles. The Morgan fingerprint density at radius 3 is 2.50 bits per heavy atom. The van der Waals surface area contributed by atoms with Crippen LogP contribution in [-0.2, 0) is 4.79 Å². The highest BCUT2D eigenvalue weighted by molar-refractivity contribution is 6.14. The zero-order valence-electron chi connectivity index (χ0n) is 11.7. The standard InChI is InChI=1S/C14H14N4O4/c19-13-11(15-14(20)16-13)8-9-7-10(17-5-1-2-6-17)3-4-12(9)18(21)22/h3-4,7-8H,1-2,5-6H2,(H2,15,16,19,20)/b11-8+. The second kappa shape index (κ2) is 5.47. The molecule has 2 N–H and O–H groups in total. The van der Waals surface area contributed by atoms with E-state index in [4.69, 9.17) is 0 Å². The maximum absolute atomic E-state index is 11.6. The van der Waals surface area contributed by atoms with Crippen LogP contribution in [0.2, 0.25) is 0 Å². The van der Waals surface area contributed by atoms with E-state index in [9.17, 15) is 19.7 Å². The van der Waals surface area contributed by atoms with Gasteiger partial charge >= 0.3 is 6.03 Å². The van der Waals surface area contributed by atoms with Crippen molar-refractivity contribution in [3.63, 3.8) is 0 Å². The zero-order valence-corrected chi connectivity index (χ0v) is 11.7. The van der Waals surface area contributed by atoms with E-state index in [0.717, 1.165) is 31.6 Å². The average molecular weight is 302 g/mol. The molecule has 3 rings (SSSR count). The van der Waals surface area contributed by atoms with Crippen molar-refractivity contribution in [2.75, 3.05) is 18.0 Å². The summed E-state index contributed by atoms with van der Waals surface area (Å²) in [6, 6.07) is 4.18. The third kappa shape index (κ3) is 2.62. The van der Waals surface area contributed by atoms with Crippen molar-refractivity contribution in [2.45, 2.75) is 12.8 Å². The van der Waals surface area contributed by atoms with Crippen LogP contribution in [0.15, 0.2) is 23.9 Å². The van der Waals surface area contributed by atoms with Crippen molar-refractivity contribution >= 4 is 29.4 Å². The molecule has 3 amide bonds. The van der Waals surface area contributed by atoms with Crippen molar-refractivity contribution in [1.29, 1.82) is 0 Å². The number of nitro benzene ring substituents is 1. The number of anilines is 1. The van der Waals surface area contributed by atoms with Gasteiger partial charge in [-0.2, -0.15) is 0 Å².